The van der Waals surface area contributed by atoms with Gasteiger partial charge in [-0.15, -0.1) is 0 Å². The van der Waals surface area contributed by atoms with E-state index in [1.54, 1.807) is 18.2 Å². The molecule has 0 atom stereocenters. The number of hydrogen-bond donors (Lipinski definition) is 3. The van der Waals surface area contributed by atoms with Crippen LogP contribution < -0.4 is 11.1 Å². The lowest BCUT2D eigenvalue weighted by molar-refractivity contribution is 0.0953. The molecule has 0 fully saturated rings. The summed E-state index contributed by atoms with van der Waals surface area (Å²) in [5.41, 5.74) is 6.65. The Balaban J connectivity index is 2.53. The molecule has 0 saturated carbocycles. The molecule has 0 radical (unpaired) electrons. The Morgan fingerprint density at radius 2 is 2.19 bits per heavy atom. The molecule has 88 valence electrons. The van der Waals surface area contributed by atoms with E-state index in [0.717, 1.165) is 10.9 Å². The fourth-order valence-corrected chi connectivity index (χ4v) is 1.65. The number of anilines is 1. The molecule has 5 heteroatoms. The van der Waals surface area contributed by atoms with Gasteiger partial charge in [-0.2, -0.15) is 0 Å². The van der Waals surface area contributed by atoms with Crippen molar-refractivity contribution in [1.82, 2.24) is 5.32 Å². The van der Waals surface area contributed by atoms with Crippen LogP contribution in [0.15, 0.2) is 22.7 Å². The Kier molecular flexibility index (Phi) is 5.28. The van der Waals surface area contributed by atoms with Gasteiger partial charge in [0.2, 0.25) is 0 Å². The minimum Gasteiger partial charge on any atom is -0.398 e. The van der Waals surface area contributed by atoms with Gasteiger partial charge in [0.25, 0.3) is 5.91 Å². The molecule has 0 heterocycles. The summed E-state index contributed by atoms with van der Waals surface area (Å²) in [5, 5.41) is 11.3. The predicted molar refractivity (Wildman–Crippen MR) is 67.2 cm³/mol. The van der Waals surface area contributed by atoms with Crippen LogP contribution in [0.25, 0.3) is 0 Å². The van der Waals surface area contributed by atoms with Crippen LogP contribution >= 0.6 is 15.9 Å². The largest absolute Gasteiger partial charge is 0.398 e. The molecule has 0 saturated heterocycles. The standard InChI is InChI=1S/C11H15BrN2O2/c12-8-3-4-9(10(13)7-8)11(16)14-5-1-2-6-15/h3-4,7,15H,1-2,5-6,13H2,(H,14,16). The van der Waals surface area contributed by atoms with Crippen LogP contribution in [0, 0.1) is 0 Å². The second-order valence-corrected chi connectivity index (χ2v) is 4.33. The molecule has 1 aromatic rings. The van der Waals surface area contributed by atoms with Gasteiger partial charge < -0.3 is 16.2 Å². The number of aliphatic hydroxyl groups is 1. The Bertz CT molecular complexity index is 369. The fraction of sp³-hybridized carbons (Fsp3) is 0.364. The summed E-state index contributed by atoms with van der Waals surface area (Å²) in [5.74, 6) is -0.178. The number of nitrogen functional groups attached to an aromatic ring is 1. The van der Waals surface area contributed by atoms with E-state index in [2.05, 4.69) is 21.2 Å². The Morgan fingerprint density at radius 3 is 2.81 bits per heavy atom. The van der Waals surface area contributed by atoms with E-state index in [0.29, 0.717) is 24.2 Å². The normalized spacial score (nSPS) is 10.1. The van der Waals surface area contributed by atoms with Crippen molar-refractivity contribution >= 4 is 27.5 Å². The molecule has 0 aliphatic rings. The van der Waals surface area contributed by atoms with Crippen molar-refractivity contribution in [3.05, 3.63) is 28.2 Å². The van der Waals surface area contributed by atoms with Gasteiger partial charge in [0, 0.05) is 23.3 Å². The van der Waals surface area contributed by atoms with Crippen molar-refractivity contribution < 1.29 is 9.90 Å². The number of carbonyl (C=O) groups is 1. The van der Waals surface area contributed by atoms with Gasteiger partial charge in [-0.25, -0.2) is 0 Å². The van der Waals surface area contributed by atoms with Gasteiger partial charge in [-0.05, 0) is 31.0 Å². The molecule has 0 aliphatic carbocycles. The van der Waals surface area contributed by atoms with E-state index in [4.69, 9.17) is 10.8 Å². The molecule has 0 aliphatic heterocycles. The minimum absolute atomic E-state index is 0.149. The number of nitrogens with two attached hydrogens (primary N) is 1. The van der Waals surface area contributed by atoms with Crippen molar-refractivity contribution in [2.45, 2.75) is 12.8 Å². The van der Waals surface area contributed by atoms with Gasteiger partial charge in [-0.3, -0.25) is 4.79 Å². The van der Waals surface area contributed by atoms with Crippen LogP contribution in [0.3, 0.4) is 0 Å². The lowest BCUT2D eigenvalue weighted by atomic mass is 10.1. The van der Waals surface area contributed by atoms with Crippen molar-refractivity contribution in [2.75, 3.05) is 18.9 Å². The number of amides is 1. The highest BCUT2D eigenvalue weighted by Crippen LogP contribution is 2.18. The van der Waals surface area contributed by atoms with Crippen molar-refractivity contribution in [2.24, 2.45) is 0 Å². The number of benzene rings is 1. The zero-order valence-electron chi connectivity index (χ0n) is 8.87. The van der Waals surface area contributed by atoms with Gasteiger partial charge in [0.15, 0.2) is 0 Å². The molecular formula is C11H15BrN2O2. The molecule has 4 nitrogen and oxygen atoms in total. The number of nitrogens with one attached hydrogen (secondary N) is 1. The SMILES string of the molecule is Nc1cc(Br)ccc1C(=O)NCCCCO. The van der Waals surface area contributed by atoms with Crippen LogP contribution in [0.2, 0.25) is 0 Å². The molecule has 1 amide bonds. The maximum Gasteiger partial charge on any atom is 0.253 e. The minimum atomic E-state index is -0.178. The van der Waals surface area contributed by atoms with E-state index >= 15 is 0 Å². The van der Waals surface area contributed by atoms with E-state index in [-0.39, 0.29) is 12.5 Å². The summed E-state index contributed by atoms with van der Waals surface area (Å²) >= 11 is 3.28. The number of unbranched alkanes of at least 4 members (excludes halogenated alkanes) is 1. The number of hydrogen-bond acceptors (Lipinski definition) is 3. The van der Waals surface area contributed by atoms with E-state index in [9.17, 15) is 4.79 Å². The van der Waals surface area contributed by atoms with Crippen molar-refractivity contribution in [1.29, 1.82) is 0 Å². The first kappa shape index (κ1) is 13.0. The van der Waals surface area contributed by atoms with E-state index < -0.39 is 0 Å². The third-order valence-electron chi connectivity index (χ3n) is 2.13. The van der Waals surface area contributed by atoms with Gasteiger partial charge in [0.05, 0.1) is 5.56 Å². The van der Waals surface area contributed by atoms with Gasteiger partial charge >= 0.3 is 0 Å². The molecule has 0 aromatic heterocycles. The van der Waals surface area contributed by atoms with Crippen LogP contribution in [0.5, 0.6) is 0 Å². The van der Waals surface area contributed by atoms with Crippen LogP contribution in [0.1, 0.15) is 23.2 Å². The Morgan fingerprint density at radius 1 is 1.44 bits per heavy atom. The van der Waals surface area contributed by atoms with Crippen LogP contribution in [-0.4, -0.2) is 24.2 Å². The summed E-state index contributed by atoms with van der Waals surface area (Å²) in [4.78, 5) is 11.7. The average Bonchev–Trinajstić information content (AvgIpc) is 2.24. The second kappa shape index (κ2) is 6.50. The second-order valence-electron chi connectivity index (χ2n) is 3.42. The van der Waals surface area contributed by atoms with Crippen LogP contribution in [-0.2, 0) is 0 Å². The molecule has 1 rings (SSSR count). The molecular weight excluding hydrogens is 272 g/mol. The first-order valence-electron chi connectivity index (χ1n) is 5.09. The van der Waals surface area contributed by atoms with Crippen molar-refractivity contribution in [3.63, 3.8) is 0 Å². The summed E-state index contributed by atoms with van der Waals surface area (Å²) in [7, 11) is 0. The first-order chi connectivity index (χ1) is 7.65. The maximum atomic E-state index is 11.7. The first-order valence-corrected chi connectivity index (χ1v) is 5.88. The smallest absolute Gasteiger partial charge is 0.253 e. The predicted octanol–water partition coefficient (Wildman–Crippen LogP) is 1.53. The average molecular weight is 287 g/mol. The van der Waals surface area contributed by atoms with E-state index in [1.807, 2.05) is 0 Å². The number of halogens is 1. The lowest BCUT2D eigenvalue weighted by Crippen LogP contribution is -2.25. The molecule has 4 N–H and O–H groups in total. The lowest BCUT2D eigenvalue weighted by Gasteiger charge is -2.07. The summed E-state index contributed by atoms with van der Waals surface area (Å²) in [6, 6.07) is 5.16. The Hall–Kier alpha value is -1.07. The highest BCUT2D eigenvalue weighted by molar-refractivity contribution is 9.10. The number of carbonyl (C=O) groups excluding carboxylic acids is 1. The topological polar surface area (TPSA) is 75.4 Å². The molecule has 1 aromatic carbocycles. The zero-order chi connectivity index (χ0) is 12.0. The highest BCUT2D eigenvalue weighted by atomic mass is 79.9. The molecule has 0 unspecified atom stereocenters. The summed E-state index contributed by atoms with van der Waals surface area (Å²) in [6.45, 7) is 0.700. The van der Waals surface area contributed by atoms with Gasteiger partial charge in [-0.1, -0.05) is 15.9 Å². The fourth-order valence-electron chi connectivity index (χ4n) is 1.27. The highest BCUT2D eigenvalue weighted by Gasteiger charge is 2.08. The molecule has 16 heavy (non-hydrogen) atoms. The number of aliphatic hydroxyl groups excluding tert-OH is 1. The maximum absolute atomic E-state index is 11.7. The monoisotopic (exact) mass is 286 g/mol. The molecule has 0 bridgehead atoms. The van der Waals surface area contributed by atoms with Crippen molar-refractivity contribution in [3.8, 4) is 0 Å². The zero-order valence-corrected chi connectivity index (χ0v) is 10.5. The summed E-state index contributed by atoms with van der Waals surface area (Å²) < 4.78 is 0.849. The van der Waals surface area contributed by atoms with Crippen LogP contribution in [0.4, 0.5) is 5.69 Å². The third-order valence-corrected chi connectivity index (χ3v) is 2.62. The van der Waals surface area contributed by atoms with E-state index in [1.165, 1.54) is 0 Å². The summed E-state index contributed by atoms with van der Waals surface area (Å²) in [6.07, 6.45) is 1.45. The quantitative estimate of drug-likeness (QED) is 0.568. The Labute approximate surface area is 103 Å². The molecule has 0 spiro atoms. The third kappa shape index (κ3) is 3.83. The van der Waals surface area contributed by atoms with Gasteiger partial charge in [0.1, 0.15) is 0 Å². The number of rotatable bonds is 5.